The molecule has 0 spiro atoms. The maximum Gasteiger partial charge on any atom is 0.317 e. The second-order valence-electron chi connectivity index (χ2n) is 4.98. The van der Waals surface area contributed by atoms with Crippen molar-refractivity contribution in [3.05, 3.63) is 29.6 Å². The Morgan fingerprint density at radius 1 is 1.57 bits per heavy atom. The molecule has 0 amide bonds. The monoisotopic (exact) mass is 309 g/mol. The highest BCUT2D eigenvalue weighted by atomic mass is 32.2. The summed E-state index contributed by atoms with van der Waals surface area (Å²) >= 11 is 0. The van der Waals surface area contributed by atoms with Crippen molar-refractivity contribution in [3.63, 3.8) is 0 Å². The number of hydrogen-bond donors (Lipinski definition) is 1. The first-order chi connectivity index (χ1) is 9.91. The SMILES string of the molecule is N#Cc1ncccc1CN(CC(=O)O)C1CCS(=O)(=O)C1. The Labute approximate surface area is 122 Å². The lowest BCUT2D eigenvalue weighted by atomic mass is 10.1. The zero-order valence-electron chi connectivity index (χ0n) is 11.3. The summed E-state index contributed by atoms with van der Waals surface area (Å²) in [5.41, 5.74) is 0.833. The van der Waals surface area contributed by atoms with Crippen molar-refractivity contribution in [3.8, 4) is 6.07 Å². The third-order valence-electron chi connectivity index (χ3n) is 3.43. The average Bonchev–Trinajstić information content (AvgIpc) is 2.78. The minimum absolute atomic E-state index is 0.0393. The molecule has 1 unspecified atom stereocenters. The van der Waals surface area contributed by atoms with Gasteiger partial charge in [0.15, 0.2) is 9.84 Å². The molecule has 1 N–H and O–H groups in total. The van der Waals surface area contributed by atoms with E-state index < -0.39 is 15.8 Å². The van der Waals surface area contributed by atoms with Crippen LogP contribution in [-0.4, -0.2) is 53.5 Å². The van der Waals surface area contributed by atoms with Crippen LogP contribution in [0.5, 0.6) is 0 Å². The van der Waals surface area contributed by atoms with Crippen LogP contribution in [0, 0.1) is 11.3 Å². The van der Waals surface area contributed by atoms with Gasteiger partial charge in [0.2, 0.25) is 0 Å². The van der Waals surface area contributed by atoms with Crippen molar-refractivity contribution >= 4 is 15.8 Å². The Morgan fingerprint density at radius 3 is 2.90 bits per heavy atom. The molecule has 2 heterocycles. The number of carboxylic acid groups (broad SMARTS) is 1. The normalized spacial score (nSPS) is 20.3. The number of rotatable bonds is 5. The molecule has 0 aliphatic carbocycles. The van der Waals surface area contributed by atoms with Crippen LogP contribution in [0.1, 0.15) is 17.7 Å². The van der Waals surface area contributed by atoms with Gasteiger partial charge in [0, 0.05) is 24.3 Å². The lowest BCUT2D eigenvalue weighted by molar-refractivity contribution is -0.139. The van der Waals surface area contributed by atoms with E-state index in [0.29, 0.717) is 12.0 Å². The van der Waals surface area contributed by atoms with Gasteiger partial charge in [0.25, 0.3) is 0 Å². The number of aromatic nitrogens is 1. The van der Waals surface area contributed by atoms with Crippen molar-refractivity contribution in [1.82, 2.24) is 9.88 Å². The smallest absolute Gasteiger partial charge is 0.317 e. The molecule has 21 heavy (non-hydrogen) atoms. The molecule has 0 saturated carbocycles. The third-order valence-corrected chi connectivity index (χ3v) is 5.18. The Kier molecular flexibility index (Phi) is 4.55. The second-order valence-corrected chi connectivity index (χ2v) is 7.21. The van der Waals surface area contributed by atoms with E-state index in [-0.39, 0.29) is 36.3 Å². The molecule has 112 valence electrons. The Morgan fingerprint density at radius 2 is 2.33 bits per heavy atom. The number of carbonyl (C=O) groups is 1. The summed E-state index contributed by atoms with van der Waals surface area (Å²) in [6, 6.07) is 4.99. The van der Waals surface area contributed by atoms with E-state index in [0.717, 1.165) is 0 Å². The lowest BCUT2D eigenvalue weighted by Gasteiger charge is -2.26. The fourth-order valence-corrected chi connectivity index (χ4v) is 4.20. The molecule has 7 nitrogen and oxygen atoms in total. The molecule has 0 radical (unpaired) electrons. The Bertz CT molecular complexity index is 681. The average molecular weight is 309 g/mol. The molecule has 1 aliphatic heterocycles. The summed E-state index contributed by atoms with van der Waals surface area (Å²) in [5, 5.41) is 18.0. The summed E-state index contributed by atoms with van der Waals surface area (Å²) in [5.74, 6) is -0.990. The third kappa shape index (κ3) is 4.00. The van der Waals surface area contributed by atoms with Crippen molar-refractivity contribution in [2.24, 2.45) is 0 Å². The quantitative estimate of drug-likeness (QED) is 0.816. The largest absolute Gasteiger partial charge is 0.480 e. The molecule has 1 aromatic heterocycles. The summed E-state index contributed by atoms with van der Waals surface area (Å²) in [6.07, 6.45) is 1.90. The number of carboxylic acids is 1. The maximum atomic E-state index is 11.6. The first-order valence-corrected chi connectivity index (χ1v) is 8.23. The number of hydrogen-bond acceptors (Lipinski definition) is 6. The molecule has 1 saturated heterocycles. The van der Waals surface area contributed by atoms with E-state index in [1.165, 1.54) is 6.20 Å². The standard InChI is InChI=1S/C13H15N3O4S/c14-6-12-10(2-1-4-15-12)7-16(8-13(17)18)11-3-5-21(19,20)9-11/h1-2,4,11H,3,5,7-9H2,(H,17,18). The molecule has 0 bridgehead atoms. The van der Waals surface area contributed by atoms with Crippen LogP contribution in [-0.2, 0) is 21.2 Å². The van der Waals surface area contributed by atoms with Crippen molar-refractivity contribution < 1.29 is 18.3 Å². The minimum atomic E-state index is -3.10. The van der Waals surface area contributed by atoms with Gasteiger partial charge in [0.05, 0.1) is 18.1 Å². The molecule has 0 aromatic carbocycles. The van der Waals surface area contributed by atoms with Gasteiger partial charge in [-0.2, -0.15) is 5.26 Å². The zero-order chi connectivity index (χ0) is 15.5. The van der Waals surface area contributed by atoms with Gasteiger partial charge >= 0.3 is 5.97 Å². The Hall–Kier alpha value is -1.98. The van der Waals surface area contributed by atoms with Crippen molar-refractivity contribution in [2.75, 3.05) is 18.1 Å². The number of nitrogens with zero attached hydrogens (tertiary/aromatic N) is 3. The fraction of sp³-hybridized carbons (Fsp3) is 0.462. The molecule has 2 rings (SSSR count). The molecule has 1 aromatic rings. The van der Waals surface area contributed by atoms with Crippen LogP contribution in [0.25, 0.3) is 0 Å². The first-order valence-electron chi connectivity index (χ1n) is 6.41. The topological polar surface area (TPSA) is 111 Å². The molecule has 8 heteroatoms. The van der Waals surface area contributed by atoms with Gasteiger partial charge in [-0.25, -0.2) is 13.4 Å². The van der Waals surface area contributed by atoms with Gasteiger partial charge in [-0.3, -0.25) is 9.69 Å². The molecule has 1 atom stereocenters. The van der Waals surface area contributed by atoms with Gasteiger partial charge in [0.1, 0.15) is 11.8 Å². The molecule has 1 aliphatic rings. The zero-order valence-corrected chi connectivity index (χ0v) is 12.1. The maximum absolute atomic E-state index is 11.6. The van der Waals surface area contributed by atoms with Crippen molar-refractivity contribution in [2.45, 2.75) is 19.0 Å². The number of aliphatic carboxylic acids is 1. The van der Waals surface area contributed by atoms with Crippen LogP contribution in [0.4, 0.5) is 0 Å². The van der Waals surface area contributed by atoms with Gasteiger partial charge < -0.3 is 5.11 Å². The van der Waals surface area contributed by atoms with Crippen LogP contribution in [0.15, 0.2) is 18.3 Å². The molecule has 1 fully saturated rings. The van der Waals surface area contributed by atoms with Crippen molar-refractivity contribution in [1.29, 1.82) is 5.26 Å². The molecular formula is C13H15N3O4S. The minimum Gasteiger partial charge on any atom is -0.480 e. The van der Waals surface area contributed by atoms with E-state index in [9.17, 15) is 13.2 Å². The van der Waals surface area contributed by atoms with Crippen LogP contribution < -0.4 is 0 Å². The van der Waals surface area contributed by atoms with Crippen LogP contribution in [0.3, 0.4) is 0 Å². The number of pyridine rings is 1. The van der Waals surface area contributed by atoms with Crippen LogP contribution in [0.2, 0.25) is 0 Å². The summed E-state index contributed by atoms with van der Waals surface area (Å²) in [7, 11) is -3.10. The first kappa shape index (κ1) is 15.4. The summed E-state index contributed by atoms with van der Waals surface area (Å²) in [4.78, 5) is 16.5. The highest BCUT2D eigenvalue weighted by Gasteiger charge is 2.33. The summed E-state index contributed by atoms with van der Waals surface area (Å²) in [6.45, 7) is -0.0663. The highest BCUT2D eigenvalue weighted by molar-refractivity contribution is 7.91. The fourth-order valence-electron chi connectivity index (χ4n) is 2.44. The molecular weight excluding hydrogens is 294 g/mol. The van der Waals surface area contributed by atoms with E-state index in [1.54, 1.807) is 17.0 Å². The van der Waals surface area contributed by atoms with E-state index in [4.69, 9.17) is 10.4 Å². The summed E-state index contributed by atoms with van der Waals surface area (Å²) < 4.78 is 23.1. The predicted octanol–water partition coefficient (Wildman–Crippen LogP) is 0.0270. The van der Waals surface area contributed by atoms with E-state index >= 15 is 0 Å². The number of nitriles is 1. The van der Waals surface area contributed by atoms with Gasteiger partial charge in [-0.1, -0.05) is 6.07 Å². The van der Waals surface area contributed by atoms with E-state index in [2.05, 4.69) is 4.98 Å². The van der Waals surface area contributed by atoms with Crippen LogP contribution >= 0.6 is 0 Å². The van der Waals surface area contributed by atoms with Gasteiger partial charge in [-0.05, 0) is 12.5 Å². The van der Waals surface area contributed by atoms with E-state index in [1.807, 2.05) is 6.07 Å². The predicted molar refractivity (Wildman–Crippen MR) is 74.1 cm³/mol. The van der Waals surface area contributed by atoms with Gasteiger partial charge in [-0.15, -0.1) is 0 Å². The second kappa shape index (κ2) is 6.20. The lowest BCUT2D eigenvalue weighted by Crippen LogP contribution is -2.39. The Balaban J connectivity index is 2.21. The highest BCUT2D eigenvalue weighted by Crippen LogP contribution is 2.20. The number of sulfone groups is 1.